The molecule has 2 aliphatic rings. The van der Waals surface area contributed by atoms with E-state index in [1.165, 1.54) is 6.07 Å². The number of piperidine rings is 1. The highest BCUT2D eigenvalue weighted by Crippen LogP contribution is 2.31. The maximum Gasteiger partial charge on any atom is 0.309 e. The van der Waals surface area contributed by atoms with Crippen molar-refractivity contribution in [2.24, 2.45) is 5.92 Å². The molecule has 0 saturated carbocycles. The third-order valence-corrected chi connectivity index (χ3v) is 5.36. The van der Waals surface area contributed by atoms with Gasteiger partial charge in [0.1, 0.15) is 5.69 Å². The third-order valence-electron chi connectivity index (χ3n) is 5.36. The molecule has 9 heteroatoms. The molecule has 1 aromatic rings. The van der Waals surface area contributed by atoms with Gasteiger partial charge in [0.2, 0.25) is 0 Å². The van der Waals surface area contributed by atoms with Gasteiger partial charge in [0.05, 0.1) is 23.0 Å². The molecule has 0 aliphatic carbocycles. The standard InChI is InChI=1S/C20H27N3O6/c1-14-11-22(12-15(2)29-14)19(24)13-28-20(25)16-7-9-21(10-8-16)17-5-3-4-6-18(17)23(26)27/h3-6,14-16H,7-13H2,1-2H3/t14-,15-/m0/s1. The zero-order chi connectivity index (χ0) is 21.0. The Labute approximate surface area is 169 Å². The molecule has 0 radical (unpaired) electrons. The van der Waals surface area contributed by atoms with E-state index in [0.29, 0.717) is 44.7 Å². The topological polar surface area (TPSA) is 102 Å². The molecule has 0 N–H and O–H groups in total. The lowest BCUT2D eigenvalue weighted by Crippen LogP contribution is -2.49. The summed E-state index contributed by atoms with van der Waals surface area (Å²) >= 11 is 0. The number of hydrogen-bond acceptors (Lipinski definition) is 7. The van der Waals surface area contributed by atoms with E-state index >= 15 is 0 Å². The molecule has 2 aliphatic heterocycles. The fourth-order valence-electron chi connectivity index (χ4n) is 3.97. The molecule has 0 unspecified atom stereocenters. The smallest absolute Gasteiger partial charge is 0.309 e. The number of carbonyl (C=O) groups is 2. The molecule has 0 bridgehead atoms. The molecule has 29 heavy (non-hydrogen) atoms. The highest BCUT2D eigenvalue weighted by molar-refractivity contribution is 5.81. The summed E-state index contributed by atoms with van der Waals surface area (Å²) in [6.07, 6.45) is 0.990. The number of rotatable bonds is 5. The van der Waals surface area contributed by atoms with Crippen LogP contribution in [0.3, 0.4) is 0 Å². The number of amides is 1. The molecule has 2 heterocycles. The van der Waals surface area contributed by atoms with E-state index in [9.17, 15) is 19.7 Å². The van der Waals surface area contributed by atoms with Gasteiger partial charge in [-0.05, 0) is 32.8 Å². The summed E-state index contributed by atoms with van der Waals surface area (Å²) in [5.41, 5.74) is 0.628. The predicted molar refractivity (Wildman–Crippen MR) is 106 cm³/mol. The number of carbonyl (C=O) groups excluding carboxylic acids is 2. The Bertz CT molecular complexity index is 752. The summed E-state index contributed by atoms with van der Waals surface area (Å²) in [7, 11) is 0. The van der Waals surface area contributed by atoms with Crippen molar-refractivity contribution in [3.05, 3.63) is 34.4 Å². The van der Waals surface area contributed by atoms with E-state index in [1.807, 2.05) is 18.7 Å². The highest BCUT2D eigenvalue weighted by atomic mass is 16.6. The number of para-hydroxylation sites is 2. The number of nitro benzene ring substituents is 1. The highest BCUT2D eigenvalue weighted by Gasteiger charge is 2.31. The minimum absolute atomic E-state index is 0.0372. The minimum atomic E-state index is -0.394. The fraction of sp³-hybridized carbons (Fsp3) is 0.600. The molecular formula is C20H27N3O6. The number of morpholine rings is 1. The summed E-state index contributed by atoms with van der Waals surface area (Å²) in [5.74, 6) is -0.892. The van der Waals surface area contributed by atoms with Crippen molar-refractivity contribution in [1.82, 2.24) is 4.90 Å². The first-order valence-corrected chi connectivity index (χ1v) is 9.93. The van der Waals surface area contributed by atoms with Gasteiger partial charge >= 0.3 is 5.97 Å². The van der Waals surface area contributed by atoms with Crippen LogP contribution in [-0.4, -0.2) is 66.7 Å². The second-order valence-electron chi connectivity index (χ2n) is 7.67. The predicted octanol–water partition coefficient (Wildman–Crippen LogP) is 1.99. The van der Waals surface area contributed by atoms with Crippen LogP contribution in [0.5, 0.6) is 0 Å². The van der Waals surface area contributed by atoms with Gasteiger partial charge in [-0.3, -0.25) is 19.7 Å². The molecule has 9 nitrogen and oxygen atoms in total. The zero-order valence-corrected chi connectivity index (χ0v) is 16.8. The van der Waals surface area contributed by atoms with Crippen molar-refractivity contribution in [3.8, 4) is 0 Å². The monoisotopic (exact) mass is 405 g/mol. The summed E-state index contributed by atoms with van der Waals surface area (Å²) in [6.45, 7) is 5.60. The van der Waals surface area contributed by atoms with E-state index in [0.717, 1.165) is 0 Å². The Morgan fingerprint density at radius 1 is 1.17 bits per heavy atom. The number of nitro groups is 1. The Morgan fingerprint density at radius 2 is 1.79 bits per heavy atom. The number of hydrogen-bond donors (Lipinski definition) is 0. The van der Waals surface area contributed by atoms with Gasteiger partial charge in [-0.1, -0.05) is 12.1 Å². The van der Waals surface area contributed by atoms with Crippen LogP contribution in [-0.2, 0) is 19.1 Å². The lowest BCUT2D eigenvalue weighted by atomic mass is 9.96. The van der Waals surface area contributed by atoms with E-state index < -0.39 is 4.92 Å². The van der Waals surface area contributed by atoms with Crippen LogP contribution in [0.2, 0.25) is 0 Å². The van der Waals surface area contributed by atoms with Crippen LogP contribution >= 0.6 is 0 Å². The zero-order valence-electron chi connectivity index (χ0n) is 16.8. The maximum absolute atomic E-state index is 12.4. The number of esters is 1. The van der Waals surface area contributed by atoms with Gasteiger partial charge in [0.25, 0.3) is 11.6 Å². The summed E-state index contributed by atoms with van der Waals surface area (Å²) in [6, 6.07) is 6.61. The Balaban J connectivity index is 1.48. The Hall–Kier alpha value is -2.68. The van der Waals surface area contributed by atoms with Crippen LogP contribution in [0.25, 0.3) is 0 Å². The SMILES string of the molecule is C[C@H]1CN(C(=O)COC(=O)C2CCN(c3ccccc3[N+](=O)[O-])CC2)C[C@H](C)O1. The van der Waals surface area contributed by atoms with Gasteiger partial charge < -0.3 is 19.3 Å². The van der Waals surface area contributed by atoms with E-state index in [4.69, 9.17) is 9.47 Å². The number of benzene rings is 1. The van der Waals surface area contributed by atoms with Crippen molar-refractivity contribution in [2.75, 3.05) is 37.7 Å². The maximum atomic E-state index is 12.4. The van der Waals surface area contributed by atoms with Crippen molar-refractivity contribution in [1.29, 1.82) is 0 Å². The van der Waals surface area contributed by atoms with Crippen molar-refractivity contribution in [2.45, 2.75) is 38.9 Å². The molecule has 0 spiro atoms. The average Bonchev–Trinajstić information content (AvgIpc) is 2.71. The van der Waals surface area contributed by atoms with Gasteiger partial charge in [0, 0.05) is 32.2 Å². The molecule has 2 fully saturated rings. The molecule has 1 aromatic carbocycles. The first kappa shape index (κ1) is 21.0. The third kappa shape index (κ3) is 5.23. The largest absolute Gasteiger partial charge is 0.455 e. The lowest BCUT2D eigenvalue weighted by Gasteiger charge is -2.35. The normalized spacial score (nSPS) is 23.0. The van der Waals surface area contributed by atoms with Gasteiger partial charge in [0.15, 0.2) is 6.61 Å². The second kappa shape index (κ2) is 9.21. The van der Waals surface area contributed by atoms with Gasteiger partial charge in [-0.25, -0.2) is 0 Å². The average molecular weight is 405 g/mol. The van der Waals surface area contributed by atoms with Crippen LogP contribution in [0.4, 0.5) is 11.4 Å². The number of nitrogens with zero attached hydrogens (tertiary/aromatic N) is 3. The first-order valence-electron chi connectivity index (χ1n) is 9.93. The summed E-state index contributed by atoms with van der Waals surface area (Å²) < 4.78 is 10.9. The quantitative estimate of drug-likeness (QED) is 0.419. The molecule has 2 saturated heterocycles. The van der Waals surface area contributed by atoms with E-state index in [1.54, 1.807) is 23.1 Å². The summed E-state index contributed by atoms with van der Waals surface area (Å²) in [5, 5.41) is 11.2. The molecular weight excluding hydrogens is 378 g/mol. The molecule has 0 aromatic heterocycles. The lowest BCUT2D eigenvalue weighted by molar-refractivity contribution is -0.384. The fourth-order valence-corrected chi connectivity index (χ4v) is 3.97. The van der Waals surface area contributed by atoms with Crippen molar-refractivity contribution < 1.29 is 24.0 Å². The van der Waals surface area contributed by atoms with E-state index in [2.05, 4.69) is 0 Å². The van der Waals surface area contributed by atoms with Gasteiger partial charge in [-0.15, -0.1) is 0 Å². The Kier molecular flexibility index (Phi) is 6.68. The van der Waals surface area contributed by atoms with Crippen LogP contribution in [0.15, 0.2) is 24.3 Å². The Morgan fingerprint density at radius 3 is 2.41 bits per heavy atom. The molecule has 2 atom stereocenters. The van der Waals surface area contributed by atoms with Crippen LogP contribution < -0.4 is 4.90 Å². The summed E-state index contributed by atoms with van der Waals surface area (Å²) in [4.78, 5) is 39.1. The molecule has 3 rings (SSSR count). The number of ether oxygens (including phenoxy) is 2. The van der Waals surface area contributed by atoms with E-state index in [-0.39, 0.29) is 42.3 Å². The minimum Gasteiger partial charge on any atom is -0.455 e. The molecule has 158 valence electrons. The molecule has 1 amide bonds. The van der Waals surface area contributed by atoms with Crippen molar-refractivity contribution >= 4 is 23.3 Å². The number of anilines is 1. The van der Waals surface area contributed by atoms with Crippen LogP contribution in [0.1, 0.15) is 26.7 Å². The van der Waals surface area contributed by atoms with Crippen LogP contribution in [0, 0.1) is 16.0 Å². The first-order chi connectivity index (χ1) is 13.8. The van der Waals surface area contributed by atoms with Gasteiger partial charge in [-0.2, -0.15) is 0 Å². The van der Waals surface area contributed by atoms with Crippen molar-refractivity contribution in [3.63, 3.8) is 0 Å². The second-order valence-corrected chi connectivity index (χ2v) is 7.67.